The van der Waals surface area contributed by atoms with Gasteiger partial charge in [-0.1, -0.05) is 12.1 Å². The van der Waals surface area contributed by atoms with Gasteiger partial charge in [0.15, 0.2) is 0 Å². The molecule has 146 valence electrons. The molecule has 2 aromatic rings. The van der Waals surface area contributed by atoms with Gasteiger partial charge < -0.3 is 4.74 Å². The number of benzene rings is 2. The molecule has 0 bridgehead atoms. The van der Waals surface area contributed by atoms with E-state index in [4.69, 9.17) is 0 Å². The summed E-state index contributed by atoms with van der Waals surface area (Å²) in [7, 11) is -2.60. The Morgan fingerprint density at radius 2 is 1.74 bits per heavy atom. The Morgan fingerprint density at radius 1 is 1.11 bits per heavy atom. The van der Waals surface area contributed by atoms with E-state index in [1.54, 1.807) is 6.92 Å². The van der Waals surface area contributed by atoms with Crippen LogP contribution in [0.2, 0.25) is 0 Å². The number of halogens is 3. The molecule has 0 radical (unpaired) electrons. The first-order valence-electron chi connectivity index (χ1n) is 7.89. The van der Waals surface area contributed by atoms with Crippen LogP contribution in [0.25, 0.3) is 0 Å². The van der Waals surface area contributed by atoms with E-state index in [2.05, 4.69) is 9.46 Å². The first kappa shape index (κ1) is 20.9. The number of hydrogen-bond acceptors (Lipinski definition) is 4. The summed E-state index contributed by atoms with van der Waals surface area (Å²) in [6.07, 6.45) is -4.18. The van der Waals surface area contributed by atoms with Crippen LogP contribution in [0.3, 0.4) is 0 Å². The summed E-state index contributed by atoms with van der Waals surface area (Å²) in [5.41, 5.74) is 0.426. The van der Waals surface area contributed by atoms with Crippen molar-refractivity contribution >= 4 is 16.0 Å². The number of esters is 1. The fourth-order valence-electron chi connectivity index (χ4n) is 2.46. The largest absolute Gasteiger partial charge is 0.465 e. The van der Waals surface area contributed by atoms with Crippen LogP contribution in [0.5, 0.6) is 0 Å². The maximum absolute atomic E-state index is 12.5. The molecule has 9 heteroatoms. The number of rotatable bonds is 6. The van der Waals surface area contributed by atoms with Gasteiger partial charge in [-0.3, -0.25) is 0 Å². The monoisotopic (exact) mass is 401 g/mol. The standard InChI is InChI=1S/C18H18F3NO4S/c1-12-11-14(17(23)26-2)5-8-16(12)27(24,25)22-10-9-13-3-6-15(7-4-13)18(19,20)21/h3-8,11,22H,9-10H2,1-2H3. The summed E-state index contributed by atoms with van der Waals surface area (Å²) in [5, 5.41) is 0. The van der Waals surface area contributed by atoms with Crippen molar-refractivity contribution in [3.8, 4) is 0 Å². The first-order chi connectivity index (χ1) is 12.5. The van der Waals surface area contributed by atoms with Gasteiger partial charge in [-0.25, -0.2) is 17.9 Å². The fourth-order valence-corrected chi connectivity index (χ4v) is 3.72. The number of carbonyl (C=O) groups is 1. The zero-order valence-corrected chi connectivity index (χ0v) is 15.4. The average molecular weight is 401 g/mol. The van der Waals surface area contributed by atoms with E-state index in [0.29, 0.717) is 11.1 Å². The molecular formula is C18H18F3NO4S. The summed E-state index contributed by atoms with van der Waals surface area (Å²) in [6.45, 7) is 1.57. The van der Waals surface area contributed by atoms with Crippen LogP contribution < -0.4 is 4.72 Å². The number of methoxy groups -OCH3 is 1. The van der Waals surface area contributed by atoms with Gasteiger partial charge in [-0.05, 0) is 54.8 Å². The molecule has 2 rings (SSSR count). The molecule has 1 N–H and O–H groups in total. The molecule has 0 unspecified atom stereocenters. The molecule has 0 saturated carbocycles. The Balaban J connectivity index is 2.04. The molecule has 0 saturated heterocycles. The van der Waals surface area contributed by atoms with Gasteiger partial charge in [0.05, 0.1) is 23.1 Å². The minimum absolute atomic E-state index is 0.0163. The van der Waals surface area contributed by atoms with Crippen molar-refractivity contribution in [1.29, 1.82) is 0 Å². The molecule has 5 nitrogen and oxygen atoms in total. The van der Waals surface area contributed by atoms with Crippen LogP contribution in [0.4, 0.5) is 13.2 Å². The van der Waals surface area contributed by atoms with Gasteiger partial charge in [0, 0.05) is 6.54 Å². The van der Waals surface area contributed by atoms with E-state index in [-0.39, 0.29) is 23.4 Å². The third kappa shape index (κ3) is 5.30. The smallest absolute Gasteiger partial charge is 0.416 e. The molecule has 0 fully saturated rings. The maximum Gasteiger partial charge on any atom is 0.416 e. The SMILES string of the molecule is COC(=O)c1ccc(S(=O)(=O)NCCc2ccc(C(F)(F)F)cc2)c(C)c1. The minimum atomic E-state index is -4.41. The van der Waals surface area contributed by atoms with Crippen LogP contribution in [0.1, 0.15) is 27.0 Å². The summed E-state index contributed by atoms with van der Waals surface area (Å²) < 4.78 is 69.4. The van der Waals surface area contributed by atoms with Gasteiger partial charge in [0.25, 0.3) is 0 Å². The van der Waals surface area contributed by atoms with E-state index in [1.165, 1.54) is 37.4 Å². The lowest BCUT2D eigenvalue weighted by Gasteiger charge is -2.11. The highest BCUT2D eigenvalue weighted by molar-refractivity contribution is 7.89. The van der Waals surface area contributed by atoms with Crippen molar-refractivity contribution in [3.63, 3.8) is 0 Å². The van der Waals surface area contributed by atoms with Crippen LogP contribution in [0, 0.1) is 6.92 Å². The van der Waals surface area contributed by atoms with E-state index in [0.717, 1.165) is 12.1 Å². The van der Waals surface area contributed by atoms with Gasteiger partial charge >= 0.3 is 12.1 Å². The quantitative estimate of drug-likeness (QED) is 0.754. The number of carbonyl (C=O) groups excluding carboxylic acids is 1. The lowest BCUT2D eigenvalue weighted by molar-refractivity contribution is -0.137. The first-order valence-corrected chi connectivity index (χ1v) is 9.37. The number of hydrogen-bond donors (Lipinski definition) is 1. The van der Waals surface area contributed by atoms with Crippen molar-refractivity contribution < 1.29 is 31.1 Å². The topological polar surface area (TPSA) is 72.5 Å². The Morgan fingerprint density at radius 3 is 2.26 bits per heavy atom. The molecule has 0 aromatic heterocycles. The zero-order valence-electron chi connectivity index (χ0n) is 14.6. The normalized spacial score (nSPS) is 12.0. The number of ether oxygens (including phenoxy) is 1. The fraction of sp³-hybridized carbons (Fsp3) is 0.278. The summed E-state index contributed by atoms with van der Waals surface area (Å²) >= 11 is 0. The van der Waals surface area contributed by atoms with Gasteiger partial charge in [-0.15, -0.1) is 0 Å². The van der Waals surface area contributed by atoms with Gasteiger partial charge in [0.1, 0.15) is 0 Å². The summed E-state index contributed by atoms with van der Waals surface area (Å²) in [4.78, 5) is 11.5. The van der Waals surface area contributed by atoms with E-state index in [1.807, 2.05) is 0 Å². The predicted octanol–water partition coefficient (Wildman–Crippen LogP) is 3.32. The van der Waals surface area contributed by atoms with Crippen LogP contribution in [-0.2, 0) is 27.4 Å². The van der Waals surface area contributed by atoms with E-state index < -0.39 is 27.7 Å². The van der Waals surface area contributed by atoms with Crippen LogP contribution in [0.15, 0.2) is 47.4 Å². The predicted molar refractivity (Wildman–Crippen MR) is 92.9 cm³/mol. The minimum Gasteiger partial charge on any atom is -0.465 e. The number of sulfonamides is 1. The van der Waals surface area contributed by atoms with Crippen molar-refractivity contribution in [3.05, 3.63) is 64.7 Å². The highest BCUT2D eigenvalue weighted by Gasteiger charge is 2.29. The lowest BCUT2D eigenvalue weighted by Crippen LogP contribution is -2.26. The molecule has 0 aliphatic heterocycles. The molecule has 2 aromatic carbocycles. The summed E-state index contributed by atoms with van der Waals surface area (Å²) in [5.74, 6) is -0.572. The van der Waals surface area contributed by atoms with Crippen LogP contribution in [-0.4, -0.2) is 28.0 Å². The Hall–Kier alpha value is -2.39. The van der Waals surface area contributed by atoms with Crippen LogP contribution >= 0.6 is 0 Å². The van der Waals surface area contributed by atoms with Crippen molar-refractivity contribution in [2.24, 2.45) is 0 Å². The second-order valence-electron chi connectivity index (χ2n) is 5.81. The second-order valence-corrected chi connectivity index (χ2v) is 7.55. The number of alkyl halides is 3. The third-order valence-corrected chi connectivity index (χ3v) is 5.49. The Kier molecular flexibility index (Phi) is 6.27. The molecule has 0 heterocycles. The molecule has 27 heavy (non-hydrogen) atoms. The number of aryl methyl sites for hydroxylation is 1. The maximum atomic E-state index is 12.5. The number of nitrogens with one attached hydrogen (secondary N) is 1. The van der Waals surface area contributed by atoms with Gasteiger partial charge in [0.2, 0.25) is 10.0 Å². The molecule has 0 spiro atoms. The van der Waals surface area contributed by atoms with E-state index in [9.17, 15) is 26.4 Å². The molecule has 0 amide bonds. The molecule has 0 aliphatic carbocycles. The molecular weight excluding hydrogens is 383 g/mol. The molecule has 0 aliphatic rings. The van der Waals surface area contributed by atoms with Crippen molar-refractivity contribution in [1.82, 2.24) is 4.72 Å². The third-order valence-electron chi connectivity index (χ3n) is 3.87. The van der Waals surface area contributed by atoms with E-state index >= 15 is 0 Å². The van der Waals surface area contributed by atoms with Gasteiger partial charge in [-0.2, -0.15) is 13.2 Å². The lowest BCUT2D eigenvalue weighted by atomic mass is 10.1. The average Bonchev–Trinajstić information content (AvgIpc) is 2.60. The van der Waals surface area contributed by atoms with Crippen molar-refractivity contribution in [2.45, 2.75) is 24.4 Å². The highest BCUT2D eigenvalue weighted by Crippen LogP contribution is 2.29. The Labute approximate surface area is 155 Å². The van der Waals surface area contributed by atoms with Crippen molar-refractivity contribution in [2.75, 3.05) is 13.7 Å². The molecule has 0 atom stereocenters. The summed E-state index contributed by atoms with van der Waals surface area (Å²) in [6, 6.07) is 8.61. The second kappa shape index (κ2) is 8.10. The Bertz CT molecular complexity index is 923. The highest BCUT2D eigenvalue weighted by atomic mass is 32.2. The zero-order chi connectivity index (χ0) is 20.2.